The Morgan fingerprint density at radius 2 is 2.09 bits per heavy atom. The van der Waals surface area contributed by atoms with E-state index in [1.54, 1.807) is 13.4 Å². The summed E-state index contributed by atoms with van der Waals surface area (Å²) in [7, 11) is 1.67. The molecule has 0 aromatic carbocycles. The van der Waals surface area contributed by atoms with Gasteiger partial charge in [0.15, 0.2) is 5.16 Å². The van der Waals surface area contributed by atoms with Gasteiger partial charge in [-0.1, -0.05) is 43.9 Å². The molecule has 0 atom stereocenters. The lowest BCUT2D eigenvalue weighted by Crippen LogP contribution is -2.36. The molecule has 1 aromatic rings. The lowest BCUT2D eigenvalue weighted by Gasteiger charge is -2.20. The third kappa shape index (κ3) is 5.96. The number of carbonyl (C=O) groups is 1. The van der Waals surface area contributed by atoms with Crippen LogP contribution < -0.4 is 5.32 Å². The van der Waals surface area contributed by atoms with Crippen LogP contribution in [0.5, 0.6) is 0 Å². The maximum Gasteiger partial charge on any atom is 0.230 e. The first-order chi connectivity index (χ1) is 10.8. The summed E-state index contributed by atoms with van der Waals surface area (Å²) in [5, 5.41) is 11.9. The van der Waals surface area contributed by atoms with Crippen LogP contribution in [0.1, 0.15) is 44.9 Å². The highest BCUT2D eigenvalue weighted by molar-refractivity contribution is 7.99. The Bertz CT molecular complexity index is 445. The number of nitrogens with zero attached hydrogens (tertiary/aromatic N) is 3. The van der Waals surface area contributed by atoms with E-state index in [0.717, 1.165) is 18.0 Å². The summed E-state index contributed by atoms with van der Waals surface area (Å²) in [6.07, 6.45) is 10.3. The van der Waals surface area contributed by atoms with Crippen molar-refractivity contribution in [2.75, 3.05) is 19.5 Å². The van der Waals surface area contributed by atoms with E-state index in [1.165, 1.54) is 43.9 Å². The zero-order chi connectivity index (χ0) is 15.6. The molecule has 6 nitrogen and oxygen atoms in total. The third-order valence-electron chi connectivity index (χ3n) is 3.92. The second-order valence-corrected chi connectivity index (χ2v) is 6.64. The van der Waals surface area contributed by atoms with Gasteiger partial charge in [0.1, 0.15) is 6.33 Å². The fraction of sp³-hybridized carbons (Fsp3) is 0.800. The second kappa shape index (κ2) is 9.84. The molecule has 1 N–H and O–H groups in total. The number of hydrogen-bond acceptors (Lipinski definition) is 5. The van der Waals surface area contributed by atoms with Crippen LogP contribution in [0.3, 0.4) is 0 Å². The lowest BCUT2D eigenvalue weighted by atomic mass is 9.97. The normalized spacial score (nSPS) is 17.0. The molecular formula is C15H26N4O2S. The van der Waals surface area contributed by atoms with Gasteiger partial charge in [0.25, 0.3) is 0 Å². The molecule has 1 aromatic heterocycles. The van der Waals surface area contributed by atoms with Gasteiger partial charge in [-0.2, -0.15) is 0 Å². The predicted octanol–water partition coefficient (Wildman–Crippen LogP) is 2.25. The molecule has 124 valence electrons. The Morgan fingerprint density at radius 3 is 2.82 bits per heavy atom. The van der Waals surface area contributed by atoms with E-state index in [-0.39, 0.29) is 5.91 Å². The van der Waals surface area contributed by atoms with Gasteiger partial charge < -0.3 is 14.6 Å². The SMILES string of the molecule is COCCn1cnnc1SCC(=O)NC1CCCCCCC1. The maximum absolute atomic E-state index is 12.1. The summed E-state index contributed by atoms with van der Waals surface area (Å²) in [5.74, 6) is 0.485. The maximum atomic E-state index is 12.1. The van der Waals surface area contributed by atoms with Crippen molar-refractivity contribution in [1.29, 1.82) is 0 Å². The molecule has 0 aliphatic heterocycles. The van der Waals surface area contributed by atoms with Crippen LogP contribution >= 0.6 is 11.8 Å². The van der Waals surface area contributed by atoms with Gasteiger partial charge in [-0.3, -0.25) is 4.79 Å². The molecule has 2 rings (SSSR count). The van der Waals surface area contributed by atoms with Gasteiger partial charge >= 0.3 is 0 Å². The Kier molecular flexibility index (Phi) is 7.73. The predicted molar refractivity (Wildman–Crippen MR) is 86.9 cm³/mol. The van der Waals surface area contributed by atoms with E-state index in [1.807, 2.05) is 4.57 Å². The fourth-order valence-corrected chi connectivity index (χ4v) is 3.45. The smallest absolute Gasteiger partial charge is 0.230 e. The topological polar surface area (TPSA) is 69.0 Å². The molecular weight excluding hydrogens is 300 g/mol. The van der Waals surface area contributed by atoms with Gasteiger partial charge in [-0.15, -0.1) is 10.2 Å². The van der Waals surface area contributed by atoms with Crippen LogP contribution in [0.15, 0.2) is 11.5 Å². The highest BCUT2D eigenvalue weighted by Crippen LogP contribution is 2.18. The van der Waals surface area contributed by atoms with Crippen LogP contribution in [-0.4, -0.2) is 46.2 Å². The molecule has 0 saturated heterocycles. The van der Waals surface area contributed by atoms with E-state index < -0.39 is 0 Å². The largest absolute Gasteiger partial charge is 0.383 e. The third-order valence-corrected chi connectivity index (χ3v) is 4.90. The Hall–Kier alpha value is -1.08. The van der Waals surface area contributed by atoms with Gasteiger partial charge in [0.2, 0.25) is 5.91 Å². The monoisotopic (exact) mass is 326 g/mol. The first kappa shape index (κ1) is 17.3. The zero-order valence-corrected chi connectivity index (χ0v) is 14.1. The van der Waals surface area contributed by atoms with Gasteiger partial charge in [0.05, 0.1) is 12.4 Å². The van der Waals surface area contributed by atoms with Crippen LogP contribution in [0, 0.1) is 0 Å². The molecule has 1 saturated carbocycles. The van der Waals surface area contributed by atoms with Gasteiger partial charge in [-0.05, 0) is 12.8 Å². The lowest BCUT2D eigenvalue weighted by molar-refractivity contribution is -0.119. The minimum atomic E-state index is 0.0943. The molecule has 1 fully saturated rings. The summed E-state index contributed by atoms with van der Waals surface area (Å²) in [6, 6.07) is 0.347. The molecule has 7 heteroatoms. The molecule has 1 amide bonds. The van der Waals surface area contributed by atoms with Crippen molar-refractivity contribution >= 4 is 17.7 Å². The van der Waals surface area contributed by atoms with Crippen LogP contribution in [-0.2, 0) is 16.1 Å². The Labute approximate surface area is 136 Å². The van der Waals surface area contributed by atoms with E-state index in [0.29, 0.717) is 24.9 Å². The average Bonchev–Trinajstić information content (AvgIpc) is 2.93. The molecule has 0 spiro atoms. The number of ether oxygens (including phenoxy) is 1. The molecule has 0 unspecified atom stereocenters. The molecule has 0 bridgehead atoms. The van der Waals surface area contributed by atoms with E-state index in [9.17, 15) is 4.79 Å². The molecule has 1 heterocycles. The summed E-state index contributed by atoms with van der Waals surface area (Å²) in [6.45, 7) is 1.32. The minimum absolute atomic E-state index is 0.0943. The van der Waals surface area contributed by atoms with Gasteiger partial charge in [-0.25, -0.2) is 0 Å². The Balaban J connectivity index is 1.73. The molecule has 22 heavy (non-hydrogen) atoms. The second-order valence-electron chi connectivity index (χ2n) is 5.70. The number of thioether (sulfide) groups is 1. The summed E-state index contributed by atoms with van der Waals surface area (Å²) in [4.78, 5) is 12.1. The number of carbonyl (C=O) groups excluding carboxylic acids is 1. The molecule has 1 aliphatic carbocycles. The first-order valence-corrected chi connectivity index (χ1v) is 9.07. The Morgan fingerprint density at radius 1 is 1.36 bits per heavy atom. The van der Waals surface area contributed by atoms with Crippen LogP contribution in [0.25, 0.3) is 0 Å². The van der Waals surface area contributed by atoms with Crippen molar-refractivity contribution in [1.82, 2.24) is 20.1 Å². The quantitative estimate of drug-likeness (QED) is 0.778. The minimum Gasteiger partial charge on any atom is -0.383 e. The molecule has 1 aliphatic rings. The average molecular weight is 326 g/mol. The van der Waals surface area contributed by atoms with Crippen LogP contribution in [0.2, 0.25) is 0 Å². The first-order valence-electron chi connectivity index (χ1n) is 8.08. The van der Waals surface area contributed by atoms with Crippen molar-refractivity contribution in [3.8, 4) is 0 Å². The number of aromatic nitrogens is 3. The standard InChI is InChI=1S/C15H26N4O2S/c1-21-10-9-19-12-16-18-15(19)22-11-14(20)17-13-7-5-3-2-4-6-8-13/h12-13H,2-11H2,1H3,(H,17,20). The van der Waals surface area contributed by atoms with Crippen molar-refractivity contribution in [3.05, 3.63) is 6.33 Å². The molecule has 0 radical (unpaired) electrons. The highest BCUT2D eigenvalue weighted by Gasteiger charge is 2.15. The van der Waals surface area contributed by atoms with Crippen molar-refractivity contribution in [3.63, 3.8) is 0 Å². The number of methoxy groups -OCH3 is 1. The zero-order valence-electron chi connectivity index (χ0n) is 13.3. The van der Waals surface area contributed by atoms with Crippen molar-refractivity contribution in [2.24, 2.45) is 0 Å². The summed E-state index contributed by atoms with van der Waals surface area (Å²) < 4.78 is 6.97. The summed E-state index contributed by atoms with van der Waals surface area (Å²) >= 11 is 1.43. The van der Waals surface area contributed by atoms with E-state index >= 15 is 0 Å². The number of hydrogen-bond donors (Lipinski definition) is 1. The van der Waals surface area contributed by atoms with E-state index in [4.69, 9.17) is 4.74 Å². The van der Waals surface area contributed by atoms with Crippen LogP contribution in [0.4, 0.5) is 0 Å². The van der Waals surface area contributed by atoms with Crippen molar-refractivity contribution in [2.45, 2.75) is 62.7 Å². The number of amides is 1. The fourth-order valence-electron chi connectivity index (χ4n) is 2.70. The number of rotatable bonds is 7. The van der Waals surface area contributed by atoms with E-state index in [2.05, 4.69) is 15.5 Å². The van der Waals surface area contributed by atoms with Gasteiger partial charge in [0, 0.05) is 19.7 Å². The van der Waals surface area contributed by atoms with Crippen molar-refractivity contribution < 1.29 is 9.53 Å². The summed E-state index contributed by atoms with van der Waals surface area (Å²) in [5.41, 5.74) is 0. The highest BCUT2D eigenvalue weighted by atomic mass is 32.2. The number of nitrogens with one attached hydrogen (secondary N) is 1.